The number of likely N-dealkylation sites (tertiary alicyclic amines) is 1. The maximum atomic E-state index is 12.1. The van der Waals surface area contributed by atoms with E-state index in [1.165, 1.54) is 0 Å². The monoisotopic (exact) mass is 286 g/mol. The van der Waals surface area contributed by atoms with Gasteiger partial charge >= 0.3 is 18.0 Å². The molecule has 1 aliphatic heterocycles. The fraction of sp³-hybridized carbons (Fsp3) is 0.769. The van der Waals surface area contributed by atoms with E-state index in [9.17, 15) is 14.4 Å². The van der Waals surface area contributed by atoms with Crippen LogP contribution >= 0.6 is 0 Å². The lowest BCUT2D eigenvalue weighted by molar-refractivity contribution is -0.145. The summed E-state index contributed by atoms with van der Waals surface area (Å²) in [6.07, 6.45) is 4.08. The number of carboxylic acid groups (broad SMARTS) is 2. The largest absolute Gasteiger partial charge is 0.481 e. The van der Waals surface area contributed by atoms with E-state index in [0.717, 1.165) is 32.1 Å². The molecule has 0 saturated carbocycles. The second kappa shape index (κ2) is 7.72. The molecule has 0 spiro atoms. The predicted octanol–water partition coefficient (Wildman–Crippen LogP) is 1.28. The molecule has 0 aliphatic carbocycles. The number of rotatable bonds is 6. The molecule has 1 saturated heterocycles. The van der Waals surface area contributed by atoms with Gasteiger partial charge in [0.25, 0.3) is 0 Å². The maximum Gasteiger partial charge on any atom is 0.326 e. The lowest BCUT2D eigenvalue weighted by Crippen LogP contribution is -2.53. The zero-order valence-electron chi connectivity index (χ0n) is 11.7. The van der Waals surface area contributed by atoms with Gasteiger partial charge in [-0.2, -0.15) is 0 Å². The first kappa shape index (κ1) is 16.3. The van der Waals surface area contributed by atoms with Crippen LogP contribution in [0.1, 0.15) is 45.4 Å². The van der Waals surface area contributed by atoms with Crippen molar-refractivity contribution in [2.45, 2.75) is 57.5 Å². The summed E-state index contributed by atoms with van der Waals surface area (Å²) in [6.45, 7) is 2.63. The molecule has 3 N–H and O–H groups in total. The van der Waals surface area contributed by atoms with Crippen LogP contribution in [-0.2, 0) is 9.59 Å². The fourth-order valence-electron chi connectivity index (χ4n) is 2.51. The second-order valence-corrected chi connectivity index (χ2v) is 5.07. The van der Waals surface area contributed by atoms with E-state index in [0.29, 0.717) is 6.54 Å². The van der Waals surface area contributed by atoms with Gasteiger partial charge in [-0.1, -0.05) is 13.3 Å². The summed E-state index contributed by atoms with van der Waals surface area (Å²) < 4.78 is 0. The van der Waals surface area contributed by atoms with Crippen LogP contribution in [0.2, 0.25) is 0 Å². The SMILES string of the molecule is CCCC1CCCCN1C(=O)NC(CC(=O)O)C(=O)O. The van der Waals surface area contributed by atoms with Gasteiger partial charge in [-0.25, -0.2) is 9.59 Å². The molecule has 0 radical (unpaired) electrons. The van der Waals surface area contributed by atoms with Gasteiger partial charge in [0.15, 0.2) is 0 Å². The second-order valence-electron chi connectivity index (χ2n) is 5.07. The fourth-order valence-corrected chi connectivity index (χ4v) is 2.51. The summed E-state index contributed by atoms with van der Waals surface area (Å²) in [6, 6.07) is -1.74. The van der Waals surface area contributed by atoms with Crippen LogP contribution in [0.5, 0.6) is 0 Å². The van der Waals surface area contributed by atoms with Gasteiger partial charge < -0.3 is 20.4 Å². The van der Waals surface area contributed by atoms with E-state index in [2.05, 4.69) is 5.32 Å². The number of carboxylic acids is 2. The number of urea groups is 1. The standard InChI is InChI=1S/C13H22N2O5/c1-2-5-9-6-3-4-7-15(9)13(20)14-10(12(18)19)8-11(16)17/h9-10H,2-8H2,1H3,(H,14,20)(H,16,17)(H,18,19). The molecule has 114 valence electrons. The van der Waals surface area contributed by atoms with Gasteiger partial charge in [0.1, 0.15) is 6.04 Å². The van der Waals surface area contributed by atoms with Crippen LogP contribution in [0, 0.1) is 0 Å². The summed E-state index contributed by atoms with van der Waals surface area (Å²) in [4.78, 5) is 35.4. The third-order valence-electron chi connectivity index (χ3n) is 3.48. The quantitative estimate of drug-likeness (QED) is 0.681. The minimum Gasteiger partial charge on any atom is -0.481 e. The van der Waals surface area contributed by atoms with Gasteiger partial charge in [-0.15, -0.1) is 0 Å². The van der Waals surface area contributed by atoms with Crippen molar-refractivity contribution in [1.29, 1.82) is 0 Å². The Labute approximate surface area is 117 Å². The average molecular weight is 286 g/mol. The van der Waals surface area contributed by atoms with E-state index in [-0.39, 0.29) is 6.04 Å². The highest BCUT2D eigenvalue weighted by atomic mass is 16.4. The van der Waals surface area contributed by atoms with Crippen molar-refractivity contribution in [3.8, 4) is 0 Å². The number of hydrogen-bond acceptors (Lipinski definition) is 3. The number of hydrogen-bond donors (Lipinski definition) is 3. The minimum absolute atomic E-state index is 0.119. The first-order chi connectivity index (χ1) is 9.45. The number of piperidine rings is 1. The van der Waals surface area contributed by atoms with Crippen molar-refractivity contribution in [1.82, 2.24) is 10.2 Å². The number of amides is 2. The van der Waals surface area contributed by atoms with Gasteiger partial charge in [0, 0.05) is 12.6 Å². The lowest BCUT2D eigenvalue weighted by atomic mass is 9.98. The van der Waals surface area contributed by atoms with Crippen LogP contribution < -0.4 is 5.32 Å². The zero-order chi connectivity index (χ0) is 15.1. The van der Waals surface area contributed by atoms with Crippen molar-refractivity contribution in [3.63, 3.8) is 0 Å². The van der Waals surface area contributed by atoms with E-state index in [1.54, 1.807) is 4.90 Å². The summed E-state index contributed by atoms with van der Waals surface area (Å²) >= 11 is 0. The van der Waals surface area contributed by atoms with Crippen molar-refractivity contribution < 1.29 is 24.6 Å². The van der Waals surface area contributed by atoms with E-state index >= 15 is 0 Å². The van der Waals surface area contributed by atoms with Crippen molar-refractivity contribution in [3.05, 3.63) is 0 Å². The van der Waals surface area contributed by atoms with Crippen LogP contribution in [0.25, 0.3) is 0 Å². The Morgan fingerprint density at radius 3 is 2.55 bits per heavy atom. The normalized spacial score (nSPS) is 20.2. The number of nitrogens with zero attached hydrogens (tertiary/aromatic N) is 1. The summed E-state index contributed by atoms with van der Waals surface area (Å²) in [7, 11) is 0. The van der Waals surface area contributed by atoms with E-state index < -0.39 is 30.4 Å². The number of aliphatic carboxylic acids is 2. The van der Waals surface area contributed by atoms with Crippen LogP contribution in [-0.4, -0.2) is 51.7 Å². The average Bonchev–Trinajstić information content (AvgIpc) is 2.38. The number of carbonyl (C=O) groups is 3. The third kappa shape index (κ3) is 4.71. The third-order valence-corrected chi connectivity index (χ3v) is 3.48. The Morgan fingerprint density at radius 1 is 1.30 bits per heavy atom. The van der Waals surface area contributed by atoms with Gasteiger partial charge in [-0.3, -0.25) is 4.79 Å². The zero-order valence-corrected chi connectivity index (χ0v) is 11.7. The lowest BCUT2D eigenvalue weighted by Gasteiger charge is -2.36. The molecule has 2 unspecified atom stereocenters. The topological polar surface area (TPSA) is 107 Å². The minimum atomic E-state index is -1.38. The first-order valence-corrected chi connectivity index (χ1v) is 6.97. The van der Waals surface area contributed by atoms with Gasteiger partial charge in [0.05, 0.1) is 6.42 Å². The van der Waals surface area contributed by atoms with Crippen molar-refractivity contribution in [2.24, 2.45) is 0 Å². The number of carbonyl (C=O) groups excluding carboxylic acids is 1. The molecule has 2 amide bonds. The van der Waals surface area contributed by atoms with Crippen molar-refractivity contribution >= 4 is 18.0 Å². The molecule has 1 rings (SSSR count). The molecule has 7 heteroatoms. The summed E-state index contributed by atoms with van der Waals surface area (Å²) in [5, 5.41) is 19.9. The highest BCUT2D eigenvalue weighted by Crippen LogP contribution is 2.20. The van der Waals surface area contributed by atoms with Crippen LogP contribution in [0.3, 0.4) is 0 Å². The molecule has 2 atom stereocenters. The molecule has 1 fully saturated rings. The van der Waals surface area contributed by atoms with E-state index in [4.69, 9.17) is 10.2 Å². The van der Waals surface area contributed by atoms with Crippen LogP contribution in [0.4, 0.5) is 4.79 Å². The molecular weight excluding hydrogens is 264 g/mol. The Morgan fingerprint density at radius 2 is 2.00 bits per heavy atom. The number of nitrogens with one attached hydrogen (secondary N) is 1. The smallest absolute Gasteiger partial charge is 0.326 e. The van der Waals surface area contributed by atoms with Crippen LogP contribution in [0.15, 0.2) is 0 Å². The predicted molar refractivity (Wildman–Crippen MR) is 71.5 cm³/mol. The molecule has 1 aliphatic rings. The van der Waals surface area contributed by atoms with Crippen molar-refractivity contribution in [2.75, 3.05) is 6.54 Å². The molecule has 1 heterocycles. The Balaban J connectivity index is 2.65. The van der Waals surface area contributed by atoms with Gasteiger partial charge in [0.2, 0.25) is 0 Å². The molecule has 20 heavy (non-hydrogen) atoms. The highest BCUT2D eigenvalue weighted by Gasteiger charge is 2.30. The van der Waals surface area contributed by atoms with E-state index in [1.807, 2.05) is 6.92 Å². The molecular formula is C13H22N2O5. The first-order valence-electron chi connectivity index (χ1n) is 6.97. The maximum absolute atomic E-state index is 12.1. The highest BCUT2D eigenvalue weighted by molar-refractivity contribution is 5.86. The van der Waals surface area contributed by atoms with Gasteiger partial charge in [-0.05, 0) is 25.7 Å². The molecule has 0 aromatic rings. The summed E-state index contributed by atoms with van der Waals surface area (Å²) in [5.41, 5.74) is 0. The Hall–Kier alpha value is -1.79. The molecule has 7 nitrogen and oxygen atoms in total. The Bertz CT molecular complexity index is 370. The molecule has 0 aromatic heterocycles. The Kier molecular flexibility index (Phi) is 6.27. The molecule has 0 bridgehead atoms. The molecule has 0 aromatic carbocycles. The summed E-state index contributed by atoms with van der Waals surface area (Å²) in [5.74, 6) is -2.58.